The van der Waals surface area contributed by atoms with Gasteiger partial charge < -0.3 is 25.2 Å². The van der Waals surface area contributed by atoms with Gasteiger partial charge in [0.15, 0.2) is 5.78 Å². The SMILES string of the molecule is O=C(NC1Cc2ccc(C(=O)N3CCOCC3)cc2C1)c1cc(Br)ccc1O.O=C(c1cc(Br)ccc1O)C1CCCc2ccc(C(F)(F)F)cc21. The van der Waals surface area contributed by atoms with E-state index in [0.29, 0.717) is 67.6 Å². The number of morpholine rings is 1. The normalized spacial score (nSPS) is 18.1. The number of rotatable bonds is 5. The van der Waals surface area contributed by atoms with E-state index in [9.17, 15) is 37.8 Å². The van der Waals surface area contributed by atoms with Gasteiger partial charge in [-0.05, 0) is 115 Å². The predicted molar refractivity (Wildman–Crippen MR) is 195 cm³/mol. The van der Waals surface area contributed by atoms with E-state index >= 15 is 0 Å². The predicted octanol–water partition coefficient (Wildman–Crippen LogP) is 8.00. The lowest BCUT2D eigenvalue weighted by Gasteiger charge is -2.27. The van der Waals surface area contributed by atoms with Gasteiger partial charge in [-0.3, -0.25) is 14.4 Å². The fourth-order valence-corrected chi connectivity index (χ4v) is 7.62. The Hall–Kier alpha value is -4.20. The summed E-state index contributed by atoms with van der Waals surface area (Å²) in [6.07, 6.45) is -1.22. The van der Waals surface area contributed by atoms with E-state index in [0.717, 1.165) is 39.7 Å². The van der Waals surface area contributed by atoms with Gasteiger partial charge in [0, 0.05) is 39.6 Å². The molecule has 2 unspecified atom stereocenters. The summed E-state index contributed by atoms with van der Waals surface area (Å²) < 4.78 is 45.7. The first-order valence-electron chi connectivity index (χ1n) is 16.8. The van der Waals surface area contributed by atoms with Crippen LogP contribution in [0.4, 0.5) is 13.2 Å². The first-order chi connectivity index (χ1) is 24.8. The summed E-state index contributed by atoms with van der Waals surface area (Å²) in [7, 11) is 0. The number of phenolic OH excluding ortho intramolecular Hbond substituents is 2. The highest BCUT2D eigenvalue weighted by Gasteiger charge is 2.35. The molecule has 0 aromatic heterocycles. The molecule has 3 N–H and O–H groups in total. The number of aryl methyl sites for hydroxylation is 1. The highest BCUT2D eigenvalue weighted by molar-refractivity contribution is 9.10. The number of benzene rings is 4. The second-order valence-corrected chi connectivity index (χ2v) is 14.8. The first kappa shape index (κ1) is 37.6. The summed E-state index contributed by atoms with van der Waals surface area (Å²) in [5.41, 5.74) is 3.71. The van der Waals surface area contributed by atoms with Gasteiger partial charge in [0.05, 0.1) is 29.9 Å². The molecule has 4 aromatic rings. The summed E-state index contributed by atoms with van der Waals surface area (Å²) >= 11 is 6.57. The molecular weight excluding hydrogens is 809 g/mol. The minimum Gasteiger partial charge on any atom is -0.507 e. The molecule has 0 bridgehead atoms. The minimum absolute atomic E-state index is 0.0256. The number of fused-ring (bicyclic) bond motifs is 2. The van der Waals surface area contributed by atoms with Crippen LogP contribution in [-0.2, 0) is 30.2 Å². The molecule has 52 heavy (non-hydrogen) atoms. The second kappa shape index (κ2) is 15.8. The highest BCUT2D eigenvalue weighted by Crippen LogP contribution is 2.40. The number of ether oxygens (including phenoxy) is 1. The van der Waals surface area contributed by atoms with Gasteiger partial charge >= 0.3 is 6.18 Å². The number of carbonyl (C=O) groups is 3. The minimum atomic E-state index is -4.45. The molecule has 1 saturated heterocycles. The van der Waals surface area contributed by atoms with Gasteiger partial charge in [-0.25, -0.2) is 0 Å². The number of alkyl halides is 3. The van der Waals surface area contributed by atoms with E-state index in [-0.39, 0.29) is 46.3 Å². The molecule has 3 aliphatic rings. The van der Waals surface area contributed by atoms with E-state index in [4.69, 9.17) is 4.74 Å². The molecule has 0 saturated carbocycles. The van der Waals surface area contributed by atoms with Crippen LogP contribution >= 0.6 is 31.9 Å². The number of ketones is 1. The van der Waals surface area contributed by atoms with Crippen molar-refractivity contribution < 1.29 is 42.5 Å². The van der Waals surface area contributed by atoms with Crippen molar-refractivity contribution in [3.05, 3.63) is 126 Å². The lowest BCUT2D eigenvalue weighted by Crippen LogP contribution is -2.40. The van der Waals surface area contributed by atoms with Crippen LogP contribution in [0, 0.1) is 0 Å². The average Bonchev–Trinajstić information content (AvgIpc) is 3.54. The summed E-state index contributed by atoms with van der Waals surface area (Å²) in [5, 5.41) is 22.9. The summed E-state index contributed by atoms with van der Waals surface area (Å²) in [4.78, 5) is 39.9. The topological polar surface area (TPSA) is 116 Å². The molecule has 7 rings (SSSR count). The molecule has 0 spiro atoms. The third-order valence-corrected chi connectivity index (χ3v) is 10.5. The molecule has 1 heterocycles. The number of nitrogens with one attached hydrogen (secondary N) is 1. The Morgan fingerprint density at radius 2 is 1.42 bits per heavy atom. The zero-order valence-corrected chi connectivity index (χ0v) is 31.0. The first-order valence-corrected chi connectivity index (χ1v) is 18.4. The maximum absolute atomic E-state index is 13.0. The van der Waals surface area contributed by atoms with Gasteiger partial charge in [-0.15, -0.1) is 0 Å². The molecular formula is C39H35Br2F3N2O6. The van der Waals surface area contributed by atoms with Crippen molar-refractivity contribution in [2.45, 2.75) is 50.2 Å². The van der Waals surface area contributed by atoms with Crippen molar-refractivity contribution in [1.82, 2.24) is 10.2 Å². The highest BCUT2D eigenvalue weighted by atomic mass is 79.9. The van der Waals surface area contributed by atoms with Crippen LogP contribution in [-0.4, -0.2) is 65.1 Å². The number of aromatic hydroxyl groups is 2. The van der Waals surface area contributed by atoms with Crippen molar-refractivity contribution in [1.29, 1.82) is 0 Å². The fraction of sp³-hybridized carbons (Fsp3) is 0.308. The quantitative estimate of drug-likeness (QED) is 0.176. The molecule has 2 atom stereocenters. The lowest BCUT2D eigenvalue weighted by atomic mass is 9.78. The molecule has 1 aliphatic heterocycles. The number of halogens is 5. The summed E-state index contributed by atoms with van der Waals surface area (Å²) in [6.45, 7) is 2.38. The van der Waals surface area contributed by atoms with Crippen LogP contribution in [0.15, 0.2) is 81.7 Å². The van der Waals surface area contributed by atoms with E-state index in [1.807, 2.05) is 23.1 Å². The van der Waals surface area contributed by atoms with Gasteiger partial charge in [0.25, 0.3) is 11.8 Å². The van der Waals surface area contributed by atoms with Gasteiger partial charge in [-0.2, -0.15) is 13.2 Å². The maximum Gasteiger partial charge on any atom is 0.416 e. The van der Waals surface area contributed by atoms with E-state index in [1.165, 1.54) is 24.3 Å². The van der Waals surface area contributed by atoms with Crippen LogP contribution in [0.1, 0.15) is 77.7 Å². The molecule has 1 fully saturated rings. The number of nitrogens with zero attached hydrogens (tertiary/aromatic N) is 1. The van der Waals surface area contributed by atoms with E-state index in [2.05, 4.69) is 37.2 Å². The maximum atomic E-state index is 13.0. The molecule has 2 aliphatic carbocycles. The van der Waals surface area contributed by atoms with Crippen molar-refractivity contribution in [2.24, 2.45) is 0 Å². The second-order valence-electron chi connectivity index (χ2n) is 13.0. The zero-order valence-electron chi connectivity index (χ0n) is 27.8. The average molecular weight is 845 g/mol. The van der Waals surface area contributed by atoms with Crippen LogP contribution in [0.25, 0.3) is 0 Å². The monoisotopic (exact) mass is 842 g/mol. The van der Waals surface area contributed by atoms with Gasteiger partial charge in [-0.1, -0.05) is 44.0 Å². The molecule has 13 heteroatoms. The van der Waals surface area contributed by atoms with Crippen LogP contribution in [0.2, 0.25) is 0 Å². The molecule has 2 amide bonds. The Kier molecular flexibility index (Phi) is 11.4. The molecule has 4 aromatic carbocycles. The Morgan fingerprint density at radius 1 is 0.788 bits per heavy atom. The van der Waals surface area contributed by atoms with E-state index in [1.54, 1.807) is 18.2 Å². The van der Waals surface area contributed by atoms with E-state index < -0.39 is 17.7 Å². The molecule has 0 radical (unpaired) electrons. The summed E-state index contributed by atoms with van der Waals surface area (Å²) in [6, 6.07) is 18.6. The standard InChI is InChI=1S/C21H21BrN2O4.C18H14BrF3O2/c22-16-3-4-19(25)18(12-16)20(26)23-17-10-13-1-2-14(9-15(13)11-17)21(27)24-5-7-28-8-6-24;19-12-6-7-16(23)15(9-12)17(24)13-3-1-2-10-4-5-11(8-14(10)13)18(20,21)22/h1-4,9,12,17,25H,5-8,10-11H2,(H,23,26);4-9,13,23H,1-3H2. The van der Waals surface area contributed by atoms with Crippen molar-refractivity contribution in [3.63, 3.8) is 0 Å². The Morgan fingerprint density at radius 3 is 2.12 bits per heavy atom. The number of hydrogen-bond donors (Lipinski definition) is 3. The van der Waals surface area contributed by atoms with Crippen LogP contribution < -0.4 is 5.32 Å². The number of phenols is 2. The van der Waals surface area contributed by atoms with Crippen LogP contribution in [0.5, 0.6) is 11.5 Å². The van der Waals surface area contributed by atoms with Crippen molar-refractivity contribution in [3.8, 4) is 11.5 Å². The van der Waals surface area contributed by atoms with Crippen LogP contribution in [0.3, 0.4) is 0 Å². The Bertz CT molecular complexity index is 2010. The zero-order chi connectivity index (χ0) is 37.2. The fourth-order valence-electron chi connectivity index (χ4n) is 6.90. The number of amides is 2. The lowest BCUT2D eigenvalue weighted by molar-refractivity contribution is -0.137. The third kappa shape index (κ3) is 8.53. The van der Waals surface area contributed by atoms with Crippen molar-refractivity contribution >= 4 is 49.5 Å². The Labute approximate surface area is 315 Å². The summed E-state index contributed by atoms with van der Waals surface area (Å²) in [5.74, 6) is -1.51. The van der Waals surface area contributed by atoms with Crippen molar-refractivity contribution in [2.75, 3.05) is 26.3 Å². The van der Waals surface area contributed by atoms with Gasteiger partial charge in [0.2, 0.25) is 0 Å². The number of Topliss-reactive ketones (excluding diaryl/α,β-unsaturated/α-hetero) is 1. The number of hydrogen-bond acceptors (Lipinski definition) is 6. The molecule has 272 valence electrons. The Balaban J connectivity index is 0.000000181. The third-order valence-electron chi connectivity index (χ3n) is 9.55. The largest absolute Gasteiger partial charge is 0.507 e. The molecule has 8 nitrogen and oxygen atoms in total. The number of carbonyl (C=O) groups excluding carboxylic acids is 3. The smallest absolute Gasteiger partial charge is 0.416 e. The van der Waals surface area contributed by atoms with Gasteiger partial charge in [0.1, 0.15) is 11.5 Å².